The van der Waals surface area contributed by atoms with Crippen molar-refractivity contribution in [2.24, 2.45) is 0 Å². The zero-order chi connectivity index (χ0) is 20.4. The van der Waals surface area contributed by atoms with Gasteiger partial charge in [-0.25, -0.2) is 9.67 Å². The monoisotopic (exact) mass is 411 g/mol. The van der Waals surface area contributed by atoms with Crippen LogP contribution in [0.2, 0.25) is 5.02 Å². The van der Waals surface area contributed by atoms with Crippen molar-refractivity contribution in [2.45, 2.75) is 6.92 Å². The lowest BCUT2D eigenvalue weighted by atomic mass is 10.2. The van der Waals surface area contributed by atoms with Crippen LogP contribution in [0.25, 0.3) is 5.69 Å². The first-order valence-electron chi connectivity index (χ1n) is 8.99. The first-order chi connectivity index (χ1) is 14.0. The number of anilines is 2. The Morgan fingerprint density at radius 3 is 2.79 bits per heavy atom. The molecule has 0 radical (unpaired) electrons. The van der Waals surface area contributed by atoms with Crippen LogP contribution in [-0.4, -0.2) is 51.4 Å². The first kappa shape index (κ1) is 18.9. The maximum atomic E-state index is 12.6. The Labute approximate surface area is 171 Å². The fourth-order valence-electron chi connectivity index (χ4n) is 3.06. The largest absolute Gasteiger partial charge is 0.353 e. The molecule has 1 aliphatic rings. The normalized spacial score (nSPS) is 13.9. The Morgan fingerprint density at radius 1 is 1.24 bits per heavy atom. The minimum absolute atomic E-state index is 0.0347. The molecule has 0 bridgehead atoms. The summed E-state index contributed by atoms with van der Waals surface area (Å²) in [6.45, 7) is 3.29. The van der Waals surface area contributed by atoms with Gasteiger partial charge in [-0.05, 0) is 31.2 Å². The minimum Gasteiger partial charge on any atom is -0.353 e. The molecule has 29 heavy (non-hydrogen) atoms. The van der Waals surface area contributed by atoms with Crippen molar-refractivity contribution in [1.29, 1.82) is 0 Å². The Kier molecular flexibility index (Phi) is 5.13. The molecule has 148 valence electrons. The van der Waals surface area contributed by atoms with E-state index in [1.807, 2.05) is 17.0 Å². The third-order valence-corrected chi connectivity index (χ3v) is 4.88. The third kappa shape index (κ3) is 3.90. The van der Waals surface area contributed by atoms with Crippen LogP contribution >= 0.6 is 11.6 Å². The SMILES string of the molecule is Cc1c(C(=O)Nc2ccc(N3CCNC(=O)C3)nc2)nnn1-c1ccccc1Cl. The topological polar surface area (TPSA) is 105 Å². The van der Waals surface area contributed by atoms with Gasteiger partial charge in [0.05, 0.1) is 34.8 Å². The van der Waals surface area contributed by atoms with Crippen molar-refractivity contribution >= 4 is 34.9 Å². The van der Waals surface area contributed by atoms with Crippen LogP contribution in [-0.2, 0) is 4.79 Å². The Morgan fingerprint density at radius 2 is 2.07 bits per heavy atom. The highest BCUT2D eigenvalue weighted by molar-refractivity contribution is 6.32. The summed E-state index contributed by atoms with van der Waals surface area (Å²) >= 11 is 6.21. The molecule has 3 heterocycles. The van der Waals surface area contributed by atoms with Gasteiger partial charge in [0.15, 0.2) is 5.69 Å². The molecule has 0 aliphatic carbocycles. The van der Waals surface area contributed by atoms with Crippen LogP contribution in [0.4, 0.5) is 11.5 Å². The zero-order valence-corrected chi connectivity index (χ0v) is 16.3. The number of nitrogens with zero attached hydrogens (tertiary/aromatic N) is 5. The number of carbonyl (C=O) groups is 2. The number of hydrogen-bond acceptors (Lipinski definition) is 6. The van der Waals surface area contributed by atoms with Gasteiger partial charge in [-0.2, -0.15) is 0 Å². The second kappa shape index (κ2) is 7.88. The summed E-state index contributed by atoms with van der Waals surface area (Å²) in [6, 6.07) is 10.7. The van der Waals surface area contributed by atoms with E-state index in [1.165, 1.54) is 4.68 Å². The lowest BCUT2D eigenvalue weighted by Gasteiger charge is -2.27. The number of rotatable bonds is 4. The van der Waals surface area contributed by atoms with Crippen LogP contribution in [0, 0.1) is 6.92 Å². The number of pyridine rings is 1. The van der Waals surface area contributed by atoms with Gasteiger partial charge in [-0.3, -0.25) is 9.59 Å². The predicted octanol–water partition coefficient (Wildman–Crippen LogP) is 1.81. The highest BCUT2D eigenvalue weighted by atomic mass is 35.5. The summed E-state index contributed by atoms with van der Waals surface area (Å²) in [7, 11) is 0. The second-order valence-corrected chi connectivity index (χ2v) is 6.92. The summed E-state index contributed by atoms with van der Waals surface area (Å²) in [6.07, 6.45) is 1.55. The van der Waals surface area contributed by atoms with E-state index in [0.717, 1.165) is 0 Å². The van der Waals surface area contributed by atoms with Crippen molar-refractivity contribution in [3.63, 3.8) is 0 Å². The van der Waals surface area contributed by atoms with Crippen molar-refractivity contribution < 1.29 is 9.59 Å². The number of benzene rings is 1. The Hall–Kier alpha value is -3.46. The molecular weight excluding hydrogens is 394 g/mol. The van der Waals surface area contributed by atoms with Crippen molar-refractivity contribution in [1.82, 2.24) is 25.3 Å². The first-order valence-corrected chi connectivity index (χ1v) is 9.37. The van der Waals surface area contributed by atoms with Gasteiger partial charge >= 0.3 is 0 Å². The van der Waals surface area contributed by atoms with Gasteiger partial charge in [0, 0.05) is 13.1 Å². The second-order valence-electron chi connectivity index (χ2n) is 6.52. The van der Waals surface area contributed by atoms with E-state index < -0.39 is 5.91 Å². The summed E-state index contributed by atoms with van der Waals surface area (Å²) in [5, 5.41) is 14.1. The molecule has 2 N–H and O–H groups in total. The van der Waals surface area contributed by atoms with Gasteiger partial charge in [0.1, 0.15) is 5.82 Å². The van der Waals surface area contributed by atoms with Gasteiger partial charge < -0.3 is 15.5 Å². The maximum absolute atomic E-state index is 12.6. The minimum atomic E-state index is -0.396. The number of nitrogens with one attached hydrogen (secondary N) is 2. The lowest BCUT2D eigenvalue weighted by Crippen LogP contribution is -2.48. The number of aromatic nitrogens is 4. The van der Waals surface area contributed by atoms with Gasteiger partial charge in [0.2, 0.25) is 5.91 Å². The van der Waals surface area contributed by atoms with Crippen LogP contribution in [0.15, 0.2) is 42.6 Å². The molecule has 1 aliphatic heterocycles. The van der Waals surface area contributed by atoms with Crippen molar-refractivity contribution in [3.8, 4) is 5.69 Å². The van der Waals surface area contributed by atoms with Crippen molar-refractivity contribution in [2.75, 3.05) is 29.9 Å². The van der Waals surface area contributed by atoms with Gasteiger partial charge in [-0.15, -0.1) is 5.10 Å². The number of carbonyl (C=O) groups excluding carboxylic acids is 2. The standard InChI is InChI=1S/C19H18ClN7O2/c1-12-18(24-25-27(12)15-5-3-2-4-14(15)20)19(29)23-13-6-7-16(22-10-13)26-9-8-21-17(28)11-26/h2-7,10H,8-9,11H2,1H3,(H,21,28)(H,23,29). The fourth-order valence-corrected chi connectivity index (χ4v) is 3.28. The van der Waals surface area contributed by atoms with E-state index in [2.05, 4.69) is 25.9 Å². The van der Waals surface area contributed by atoms with E-state index >= 15 is 0 Å². The summed E-state index contributed by atoms with van der Waals surface area (Å²) in [4.78, 5) is 30.4. The molecule has 9 nitrogen and oxygen atoms in total. The highest BCUT2D eigenvalue weighted by Gasteiger charge is 2.20. The number of piperazine rings is 1. The molecule has 0 saturated carbocycles. The van der Waals surface area contributed by atoms with Crippen molar-refractivity contribution in [3.05, 3.63) is 59.0 Å². The van der Waals surface area contributed by atoms with E-state index in [9.17, 15) is 9.59 Å². The molecular formula is C19H18ClN7O2. The van der Waals surface area contributed by atoms with Crippen LogP contribution in [0.3, 0.4) is 0 Å². The molecule has 3 aromatic rings. The van der Waals surface area contributed by atoms with Gasteiger partial charge in [-0.1, -0.05) is 28.9 Å². The van der Waals surface area contributed by atoms with E-state index in [1.54, 1.807) is 37.4 Å². The summed E-state index contributed by atoms with van der Waals surface area (Å²) in [5.41, 5.74) is 1.93. The number of para-hydroxylation sites is 1. The smallest absolute Gasteiger partial charge is 0.278 e. The summed E-state index contributed by atoms with van der Waals surface area (Å²) in [5.74, 6) is 0.249. The molecule has 0 unspecified atom stereocenters. The quantitative estimate of drug-likeness (QED) is 0.678. The lowest BCUT2D eigenvalue weighted by molar-refractivity contribution is -0.120. The van der Waals surface area contributed by atoms with E-state index in [0.29, 0.717) is 41.0 Å². The molecule has 2 amide bonds. The average Bonchev–Trinajstić information content (AvgIpc) is 3.10. The molecule has 0 spiro atoms. The van der Waals surface area contributed by atoms with Gasteiger partial charge in [0.25, 0.3) is 5.91 Å². The molecule has 1 saturated heterocycles. The third-order valence-electron chi connectivity index (χ3n) is 4.56. The highest BCUT2D eigenvalue weighted by Crippen LogP contribution is 2.22. The van der Waals surface area contributed by atoms with Crippen LogP contribution < -0.4 is 15.5 Å². The maximum Gasteiger partial charge on any atom is 0.278 e. The molecule has 1 fully saturated rings. The fraction of sp³-hybridized carbons (Fsp3) is 0.211. The number of halogens is 1. The Balaban J connectivity index is 1.49. The van der Waals surface area contributed by atoms with E-state index in [-0.39, 0.29) is 18.1 Å². The molecule has 4 rings (SSSR count). The molecule has 2 aromatic heterocycles. The molecule has 0 atom stereocenters. The van der Waals surface area contributed by atoms with Crippen LogP contribution in [0.5, 0.6) is 0 Å². The molecule has 10 heteroatoms. The zero-order valence-electron chi connectivity index (χ0n) is 15.6. The number of hydrogen-bond donors (Lipinski definition) is 2. The van der Waals surface area contributed by atoms with E-state index in [4.69, 9.17) is 11.6 Å². The van der Waals surface area contributed by atoms with Crippen LogP contribution in [0.1, 0.15) is 16.2 Å². The number of amides is 2. The average molecular weight is 412 g/mol. The summed E-state index contributed by atoms with van der Waals surface area (Å²) < 4.78 is 1.53. The molecule has 1 aromatic carbocycles. The predicted molar refractivity (Wildman–Crippen MR) is 109 cm³/mol. The Bertz CT molecular complexity index is 1060.